The first-order valence-electron chi connectivity index (χ1n) is 3.19. The van der Waals surface area contributed by atoms with Gasteiger partial charge in [0, 0.05) is 0 Å². The van der Waals surface area contributed by atoms with Crippen molar-refractivity contribution >= 4 is 11.9 Å². The molecule has 0 spiro atoms. The topological polar surface area (TPSA) is 52.6 Å². The second-order valence-corrected chi connectivity index (χ2v) is 1.90. The second kappa shape index (κ2) is 5.16. The van der Waals surface area contributed by atoms with Crippen LogP contribution in [0.15, 0.2) is 17.9 Å². The van der Waals surface area contributed by atoms with Crippen LogP contribution < -0.4 is 0 Å². The minimum atomic E-state index is -0.615. The quantitative estimate of drug-likeness (QED) is 0.350. The number of methoxy groups -OCH3 is 2. The summed E-state index contributed by atoms with van der Waals surface area (Å²) in [5, 5.41) is 0. The van der Waals surface area contributed by atoms with Gasteiger partial charge in [0.1, 0.15) is 0 Å². The van der Waals surface area contributed by atoms with E-state index in [1.807, 2.05) is 0 Å². The lowest BCUT2D eigenvalue weighted by Gasteiger charge is -2.00. The van der Waals surface area contributed by atoms with Gasteiger partial charge < -0.3 is 9.47 Å². The molecule has 0 saturated carbocycles. The van der Waals surface area contributed by atoms with Crippen molar-refractivity contribution in [2.75, 3.05) is 14.2 Å². The highest BCUT2D eigenvalue weighted by atomic mass is 16.5. The van der Waals surface area contributed by atoms with E-state index >= 15 is 0 Å². The van der Waals surface area contributed by atoms with E-state index in [4.69, 9.17) is 0 Å². The van der Waals surface area contributed by atoms with E-state index in [-0.39, 0.29) is 12.0 Å². The molecule has 0 fully saturated rings. The van der Waals surface area contributed by atoms with Crippen LogP contribution in [-0.4, -0.2) is 26.2 Å². The van der Waals surface area contributed by atoms with Crippen LogP contribution >= 0.6 is 0 Å². The highest BCUT2D eigenvalue weighted by molar-refractivity contribution is 5.93. The Morgan fingerprint density at radius 2 is 1.92 bits per heavy atom. The van der Waals surface area contributed by atoms with Crippen LogP contribution in [-0.2, 0) is 19.1 Å². The Balaban J connectivity index is 4.31. The normalized spacial score (nSPS) is 8.17. The summed E-state index contributed by atoms with van der Waals surface area (Å²) in [6, 6.07) is 0. The summed E-state index contributed by atoms with van der Waals surface area (Å²) in [5.41, 5.74) is 2.38. The van der Waals surface area contributed by atoms with E-state index in [0.717, 1.165) is 0 Å². The standard InChI is InChI=1S/C8H10O4/c1-4-6(8(10)12-3)5-7(9)11-2/h1,5H2,2-3H3. The van der Waals surface area contributed by atoms with Crippen molar-refractivity contribution in [2.24, 2.45) is 0 Å². The summed E-state index contributed by atoms with van der Waals surface area (Å²) >= 11 is 0. The van der Waals surface area contributed by atoms with Gasteiger partial charge in [0.25, 0.3) is 0 Å². The van der Waals surface area contributed by atoms with Gasteiger partial charge in [0.15, 0.2) is 0 Å². The summed E-state index contributed by atoms with van der Waals surface area (Å²) in [6.45, 7) is 3.25. The molecule has 0 aliphatic carbocycles. The molecule has 0 aromatic carbocycles. The molecule has 66 valence electrons. The van der Waals surface area contributed by atoms with Crippen molar-refractivity contribution in [2.45, 2.75) is 6.42 Å². The summed E-state index contributed by atoms with van der Waals surface area (Å²) in [5.74, 6) is -1.14. The molecule has 0 N–H and O–H groups in total. The fourth-order valence-corrected chi connectivity index (χ4v) is 0.547. The maximum absolute atomic E-state index is 10.8. The molecule has 0 aliphatic rings. The van der Waals surface area contributed by atoms with Crippen molar-refractivity contribution in [1.29, 1.82) is 0 Å². The van der Waals surface area contributed by atoms with Crippen LogP contribution in [0, 0.1) is 0 Å². The molecule has 12 heavy (non-hydrogen) atoms. The molecule has 0 atom stereocenters. The SMILES string of the molecule is C=C=C(CC(=O)OC)C(=O)OC. The Kier molecular flexibility index (Phi) is 4.49. The molecule has 0 heterocycles. The first-order valence-corrected chi connectivity index (χ1v) is 3.19. The third-order valence-corrected chi connectivity index (χ3v) is 1.19. The van der Waals surface area contributed by atoms with Crippen LogP contribution in [0.25, 0.3) is 0 Å². The first-order chi connectivity index (χ1) is 5.65. The monoisotopic (exact) mass is 170 g/mol. The van der Waals surface area contributed by atoms with Crippen molar-refractivity contribution in [3.05, 3.63) is 17.9 Å². The van der Waals surface area contributed by atoms with Gasteiger partial charge in [-0.3, -0.25) is 4.79 Å². The molecule has 0 rings (SSSR count). The van der Waals surface area contributed by atoms with Gasteiger partial charge in [-0.15, -0.1) is 5.73 Å². The molecular formula is C8H10O4. The molecule has 4 nitrogen and oxygen atoms in total. The van der Waals surface area contributed by atoms with Gasteiger partial charge in [0.2, 0.25) is 0 Å². The minimum Gasteiger partial charge on any atom is -0.469 e. The van der Waals surface area contributed by atoms with E-state index < -0.39 is 11.9 Å². The van der Waals surface area contributed by atoms with E-state index in [0.29, 0.717) is 0 Å². The average Bonchev–Trinajstić information content (AvgIpc) is 2.12. The molecule has 0 saturated heterocycles. The largest absolute Gasteiger partial charge is 0.469 e. The summed E-state index contributed by atoms with van der Waals surface area (Å²) in [7, 11) is 2.46. The lowest BCUT2D eigenvalue weighted by Crippen LogP contribution is -2.10. The highest BCUT2D eigenvalue weighted by Gasteiger charge is 2.13. The Labute approximate surface area is 70.5 Å². The maximum atomic E-state index is 10.8. The van der Waals surface area contributed by atoms with Gasteiger partial charge in [-0.1, -0.05) is 6.58 Å². The third-order valence-electron chi connectivity index (χ3n) is 1.19. The van der Waals surface area contributed by atoms with E-state index in [2.05, 4.69) is 21.8 Å². The van der Waals surface area contributed by atoms with E-state index in [1.54, 1.807) is 0 Å². The van der Waals surface area contributed by atoms with Gasteiger partial charge >= 0.3 is 11.9 Å². The predicted octanol–water partition coefficient (Wildman–Crippen LogP) is 0.434. The summed E-state index contributed by atoms with van der Waals surface area (Å²) in [6.07, 6.45) is -0.160. The van der Waals surface area contributed by atoms with Crippen molar-refractivity contribution < 1.29 is 19.1 Å². The number of hydrogen-bond acceptors (Lipinski definition) is 4. The van der Waals surface area contributed by atoms with Gasteiger partial charge in [-0.25, -0.2) is 4.79 Å². The molecular weight excluding hydrogens is 160 g/mol. The number of hydrogen-bond donors (Lipinski definition) is 0. The predicted molar refractivity (Wildman–Crippen MR) is 41.3 cm³/mol. The minimum absolute atomic E-state index is 0.0735. The fraction of sp³-hybridized carbons (Fsp3) is 0.375. The lowest BCUT2D eigenvalue weighted by atomic mass is 10.2. The van der Waals surface area contributed by atoms with Gasteiger partial charge in [0.05, 0.1) is 26.2 Å². The van der Waals surface area contributed by atoms with Crippen LogP contribution in [0.3, 0.4) is 0 Å². The molecule has 4 heteroatoms. The highest BCUT2D eigenvalue weighted by Crippen LogP contribution is 2.02. The van der Waals surface area contributed by atoms with Gasteiger partial charge in [-0.2, -0.15) is 0 Å². The molecule has 0 amide bonds. The molecule has 0 aromatic rings. The number of rotatable bonds is 3. The zero-order chi connectivity index (χ0) is 9.56. The number of carbonyl (C=O) groups is 2. The van der Waals surface area contributed by atoms with Crippen LogP contribution in [0.4, 0.5) is 0 Å². The van der Waals surface area contributed by atoms with Crippen molar-refractivity contribution in [3.8, 4) is 0 Å². The Morgan fingerprint density at radius 1 is 1.33 bits per heavy atom. The van der Waals surface area contributed by atoms with Crippen molar-refractivity contribution in [3.63, 3.8) is 0 Å². The Bertz CT molecular complexity index is 235. The van der Waals surface area contributed by atoms with Gasteiger partial charge in [-0.05, 0) is 0 Å². The summed E-state index contributed by atoms with van der Waals surface area (Å²) in [4.78, 5) is 21.5. The Hall–Kier alpha value is -1.54. The summed E-state index contributed by atoms with van der Waals surface area (Å²) < 4.78 is 8.70. The molecule has 0 bridgehead atoms. The molecule has 0 aromatic heterocycles. The first kappa shape index (κ1) is 10.5. The maximum Gasteiger partial charge on any atom is 0.342 e. The van der Waals surface area contributed by atoms with Crippen LogP contribution in [0.5, 0.6) is 0 Å². The number of ether oxygens (including phenoxy) is 2. The fourth-order valence-electron chi connectivity index (χ4n) is 0.547. The third kappa shape index (κ3) is 3.03. The zero-order valence-electron chi connectivity index (χ0n) is 7.05. The molecule has 0 aliphatic heterocycles. The van der Waals surface area contributed by atoms with Crippen molar-refractivity contribution in [1.82, 2.24) is 0 Å². The lowest BCUT2D eigenvalue weighted by molar-refractivity contribution is -0.143. The molecule has 0 unspecified atom stereocenters. The van der Waals surface area contributed by atoms with E-state index in [1.165, 1.54) is 14.2 Å². The zero-order valence-corrected chi connectivity index (χ0v) is 7.05. The molecule has 0 radical (unpaired) electrons. The smallest absolute Gasteiger partial charge is 0.342 e. The van der Waals surface area contributed by atoms with Crippen LogP contribution in [0.1, 0.15) is 6.42 Å². The number of carbonyl (C=O) groups excluding carboxylic acids is 2. The average molecular weight is 170 g/mol. The van der Waals surface area contributed by atoms with E-state index in [9.17, 15) is 9.59 Å². The second-order valence-electron chi connectivity index (χ2n) is 1.90. The Morgan fingerprint density at radius 3 is 2.25 bits per heavy atom. The number of esters is 2. The van der Waals surface area contributed by atoms with Crippen LogP contribution in [0.2, 0.25) is 0 Å².